The van der Waals surface area contributed by atoms with Crippen LogP contribution in [0.3, 0.4) is 0 Å². The van der Waals surface area contributed by atoms with Crippen LogP contribution in [0.5, 0.6) is 0 Å². The number of nitrogens with one attached hydrogen (secondary N) is 2. The van der Waals surface area contributed by atoms with Crippen molar-refractivity contribution in [1.29, 1.82) is 0 Å². The lowest BCUT2D eigenvalue weighted by Gasteiger charge is -2.23. The molecule has 3 amide bonds. The van der Waals surface area contributed by atoms with E-state index in [9.17, 15) is 14.4 Å². The van der Waals surface area contributed by atoms with Gasteiger partial charge in [0, 0.05) is 23.8 Å². The second-order valence-electron chi connectivity index (χ2n) is 6.39. The molecule has 1 heterocycles. The molecule has 1 aliphatic rings. The lowest BCUT2D eigenvalue weighted by atomic mass is 10.1. The Morgan fingerprint density at radius 1 is 1.00 bits per heavy atom. The maximum Gasteiger partial charge on any atom is 0.251 e. The second kappa shape index (κ2) is 8.46. The van der Waals surface area contributed by atoms with Crippen molar-refractivity contribution in [3.8, 4) is 0 Å². The van der Waals surface area contributed by atoms with Gasteiger partial charge in [-0.25, -0.2) is 0 Å². The average molecular weight is 366 g/mol. The van der Waals surface area contributed by atoms with Crippen LogP contribution in [0.1, 0.15) is 16.8 Å². The molecule has 2 aromatic rings. The highest BCUT2D eigenvalue weighted by atomic mass is 16.2. The molecule has 27 heavy (non-hydrogen) atoms. The van der Waals surface area contributed by atoms with Crippen molar-refractivity contribution in [2.75, 3.05) is 18.4 Å². The fourth-order valence-electron chi connectivity index (χ4n) is 3.19. The standard InChI is InChI=1S/C20H22N4O3/c21-12-18(25)24-13-16(23-19(26)14-7-3-1-4-8-14)11-17(24)20(27)22-15-9-5-2-6-10-15/h1-10,16-17H,11-13,21H2,(H,22,27)(H,23,26). The van der Waals surface area contributed by atoms with Crippen molar-refractivity contribution in [3.63, 3.8) is 0 Å². The highest BCUT2D eigenvalue weighted by molar-refractivity contribution is 5.98. The molecular weight excluding hydrogens is 344 g/mol. The Morgan fingerprint density at radius 2 is 1.63 bits per heavy atom. The van der Waals surface area contributed by atoms with Crippen molar-refractivity contribution in [2.24, 2.45) is 5.73 Å². The molecule has 3 rings (SSSR count). The van der Waals surface area contributed by atoms with Crippen LogP contribution in [0.15, 0.2) is 60.7 Å². The van der Waals surface area contributed by atoms with E-state index < -0.39 is 6.04 Å². The van der Waals surface area contributed by atoms with Gasteiger partial charge in [0.15, 0.2) is 0 Å². The number of carbonyl (C=O) groups excluding carboxylic acids is 3. The summed E-state index contributed by atoms with van der Waals surface area (Å²) in [5.41, 5.74) is 6.68. The van der Waals surface area contributed by atoms with Crippen molar-refractivity contribution in [1.82, 2.24) is 10.2 Å². The highest BCUT2D eigenvalue weighted by Crippen LogP contribution is 2.20. The minimum absolute atomic E-state index is 0.186. The van der Waals surface area contributed by atoms with Crippen LogP contribution in [0.25, 0.3) is 0 Å². The zero-order chi connectivity index (χ0) is 19.2. The Labute approximate surface area is 157 Å². The third kappa shape index (κ3) is 4.51. The summed E-state index contributed by atoms with van der Waals surface area (Å²) in [6.07, 6.45) is 0.336. The summed E-state index contributed by atoms with van der Waals surface area (Å²) < 4.78 is 0. The summed E-state index contributed by atoms with van der Waals surface area (Å²) >= 11 is 0. The van der Waals surface area contributed by atoms with Crippen molar-refractivity contribution in [2.45, 2.75) is 18.5 Å². The van der Waals surface area contributed by atoms with Crippen LogP contribution in [-0.4, -0.2) is 47.8 Å². The van der Waals surface area contributed by atoms with E-state index in [-0.39, 0.29) is 36.9 Å². The Hall–Kier alpha value is -3.19. The first-order valence-electron chi connectivity index (χ1n) is 8.80. The summed E-state index contributed by atoms with van der Waals surface area (Å²) in [4.78, 5) is 38.7. The topological polar surface area (TPSA) is 105 Å². The Balaban J connectivity index is 1.69. The number of nitrogens with two attached hydrogens (primary N) is 1. The van der Waals surface area contributed by atoms with E-state index in [1.807, 2.05) is 24.3 Å². The number of hydrogen-bond donors (Lipinski definition) is 3. The summed E-state index contributed by atoms with van der Waals surface area (Å²) in [6, 6.07) is 16.9. The lowest BCUT2D eigenvalue weighted by molar-refractivity contribution is -0.135. The normalized spacial score (nSPS) is 18.8. The molecule has 1 saturated heterocycles. The Bertz CT molecular complexity index is 810. The molecule has 0 radical (unpaired) electrons. The number of amides is 3. The van der Waals surface area contributed by atoms with Gasteiger partial charge in [-0.05, 0) is 30.7 Å². The summed E-state index contributed by atoms with van der Waals surface area (Å²) in [6.45, 7) is 0.0654. The van der Waals surface area contributed by atoms with Gasteiger partial charge in [-0.2, -0.15) is 0 Å². The predicted molar refractivity (Wildman–Crippen MR) is 102 cm³/mol. The molecule has 0 bridgehead atoms. The van der Waals surface area contributed by atoms with E-state index in [4.69, 9.17) is 5.73 Å². The minimum atomic E-state index is -0.678. The van der Waals surface area contributed by atoms with E-state index in [1.165, 1.54) is 4.90 Å². The van der Waals surface area contributed by atoms with Gasteiger partial charge in [0.2, 0.25) is 11.8 Å². The van der Waals surface area contributed by atoms with Crippen LogP contribution in [-0.2, 0) is 9.59 Å². The second-order valence-corrected chi connectivity index (χ2v) is 6.39. The van der Waals surface area contributed by atoms with Crippen LogP contribution < -0.4 is 16.4 Å². The Kier molecular flexibility index (Phi) is 5.83. The molecular formula is C20H22N4O3. The monoisotopic (exact) mass is 366 g/mol. The zero-order valence-corrected chi connectivity index (χ0v) is 14.8. The fourth-order valence-corrected chi connectivity index (χ4v) is 3.19. The molecule has 4 N–H and O–H groups in total. The molecule has 0 saturated carbocycles. The van der Waals surface area contributed by atoms with Crippen LogP contribution in [0.2, 0.25) is 0 Å². The third-order valence-corrected chi connectivity index (χ3v) is 4.51. The minimum Gasteiger partial charge on any atom is -0.347 e. The number of anilines is 1. The average Bonchev–Trinajstić information content (AvgIpc) is 3.12. The van der Waals surface area contributed by atoms with E-state index in [0.717, 1.165) is 0 Å². The van der Waals surface area contributed by atoms with Gasteiger partial charge in [-0.3, -0.25) is 14.4 Å². The molecule has 7 nitrogen and oxygen atoms in total. The van der Waals surface area contributed by atoms with Crippen molar-refractivity contribution in [3.05, 3.63) is 66.2 Å². The van der Waals surface area contributed by atoms with E-state index in [2.05, 4.69) is 10.6 Å². The molecule has 140 valence electrons. The molecule has 0 aromatic heterocycles. The molecule has 0 aliphatic carbocycles. The highest BCUT2D eigenvalue weighted by Gasteiger charge is 2.39. The maximum atomic E-state index is 12.7. The molecule has 2 atom stereocenters. The SMILES string of the molecule is NCC(=O)N1CC(NC(=O)c2ccccc2)CC1C(=O)Nc1ccccc1. The first-order chi connectivity index (χ1) is 13.1. The number of para-hydroxylation sites is 1. The van der Waals surface area contributed by atoms with Crippen LogP contribution in [0.4, 0.5) is 5.69 Å². The van der Waals surface area contributed by atoms with Gasteiger partial charge in [0.05, 0.1) is 6.54 Å². The molecule has 0 spiro atoms. The predicted octanol–water partition coefficient (Wildman–Crippen LogP) is 0.983. The van der Waals surface area contributed by atoms with E-state index >= 15 is 0 Å². The number of hydrogen-bond acceptors (Lipinski definition) is 4. The van der Waals surface area contributed by atoms with Gasteiger partial charge >= 0.3 is 0 Å². The first kappa shape index (κ1) is 18.6. The number of nitrogens with zero attached hydrogens (tertiary/aromatic N) is 1. The van der Waals surface area contributed by atoms with Gasteiger partial charge in [-0.1, -0.05) is 36.4 Å². The van der Waals surface area contributed by atoms with Crippen LogP contribution >= 0.6 is 0 Å². The molecule has 1 aliphatic heterocycles. The first-order valence-corrected chi connectivity index (χ1v) is 8.80. The van der Waals surface area contributed by atoms with Gasteiger partial charge in [0.25, 0.3) is 5.91 Å². The van der Waals surface area contributed by atoms with Crippen molar-refractivity contribution >= 4 is 23.4 Å². The number of carbonyl (C=O) groups is 3. The van der Waals surface area contributed by atoms with Gasteiger partial charge < -0.3 is 21.3 Å². The molecule has 2 unspecified atom stereocenters. The quantitative estimate of drug-likeness (QED) is 0.734. The fraction of sp³-hybridized carbons (Fsp3) is 0.250. The maximum absolute atomic E-state index is 12.7. The summed E-state index contributed by atoms with van der Waals surface area (Å²) in [5.74, 6) is -0.844. The zero-order valence-electron chi connectivity index (χ0n) is 14.8. The summed E-state index contributed by atoms with van der Waals surface area (Å²) in [5, 5.41) is 5.71. The van der Waals surface area contributed by atoms with Gasteiger partial charge in [0.1, 0.15) is 6.04 Å². The van der Waals surface area contributed by atoms with Crippen molar-refractivity contribution < 1.29 is 14.4 Å². The Morgan fingerprint density at radius 3 is 2.26 bits per heavy atom. The third-order valence-electron chi connectivity index (χ3n) is 4.51. The van der Waals surface area contributed by atoms with Gasteiger partial charge in [-0.15, -0.1) is 0 Å². The molecule has 7 heteroatoms. The number of rotatable bonds is 5. The summed E-state index contributed by atoms with van der Waals surface area (Å²) in [7, 11) is 0. The largest absolute Gasteiger partial charge is 0.347 e. The lowest BCUT2D eigenvalue weighted by Crippen LogP contribution is -2.46. The smallest absolute Gasteiger partial charge is 0.251 e. The van der Waals surface area contributed by atoms with E-state index in [1.54, 1.807) is 36.4 Å². The number of likely N-dealkylation sites (tertiary alicyclic amines) is 1. The van der Waals surface area contributed by atoms with Crippen LogP contribution in [0, 0.1) is 0 Å². The molecule has 2 aromatic carbocycles. The number of benzene rings is 2. The van der Waals surface area contributed by atoms with E-state index in [0.29, 0.717) is 17.7 Å². The molecule has 1 fully saturated rings.